The van der Waals surface area contributed by atoms with Gasteiger partial charge in [-0.15, -0.1) is 0 Å². The highest BCUT2D eigenvalue weighted by Crippen LogP contribution is 2.25. The molecule has 0 saturated heterocycles. The zero-order valence-electron chi connectivity index (χ0n) is 15.1. The topological polar surface area (TPSA) is 99.6 Å². The lowest BCUT2D eigenvalue weighted by atomic mass is 10.1. The summed E-state index contributed by atoms with van der Waals surface area (Å²) in [5, 5.41) is 20.3. The third kappa shape index (κ3) is 4.33. The van der Waals surface area contributed by atoms with E-state index in [-0.39, 0.29) is 5.75 Å². The molecule has 7 heteroatoms. The standard InChI is InChI=1S/C20H20N4O3/c1-3-27-17-9-7-15(8-10-17)18-13(2)19(23-22-18)20(26)24-21-12-14-5-4-6-16(25)11-14/h4-12,25H,3H2,1-2H3,(H,22,23)(H,24,26). The minimum Gasteiger partial charge on any atom is -0.508 e. The molecule has 138 valence electrons. The summed E-state index contributed by atoms with van der Waals surface area (Å²) in [6, 6.07) is 14.1. The van der Waals surface area contributed by atoms with Crippen molar-refractivity contribution in [3.63, 3.8) is 0 Å². The number of aromatic hydroxyl groups is 1. The van der Waals surface area contributed by atoms with Crippen molar-refractivity contribution in [1.29, 1.82) is 0 Å². The summed E-state index contributed by atoms with van der Waals surface area (Å²) in [5.74, 6) is 0.525. The number of carbonyl (C=O) groups is 1. The number of amides is 1. The van der Waals surface area contributed by atoms with Gasteiger partial charge in [0.05, 0.1) is 18.5 Å². The number of carbonyl (C=O) groups excluding carboxylic acids is 1. The molecule has 1 heterocycles. The molecule has 1 amide bonds. The van der Waals surface area contributed by atoms with Crippen LogP contribution in [0.2, 0.25) is 0 Å². The average Bonchev–Trinajstić information content (AvgIpc) is 3.04. The first-order chi connectivity index (χ1) is 13.1. The highest BCUT2D eigenvalue weighted by atomic mass is 16.5. The van der Waals surface area contributed by atoms with E-state index in [9.17, 15) is 9.90 Å². The van der Waals surface area contributed by atoms with Crippen molar-refractivity contribution in [2.75, 3.05) is 6.61 Å². The van der Waals surface area contributed by atoms with Crippen LogP contribution in [0.3, 0.4) is 0 Å². The molecule has 0 bridgehead atoms. The van der Waals surface area contributed by atoms with Crippen LogP contribution in [-0.4, -0.2) is 34.0 Å². The summed E-state index contributed by atoms with van der Waals surface area (Å²) in [7, 11) is 0. The van der Waals surface area contributed by atoms with Crippen LogP contribution in [0.4, 0.5) is 0 Å². The maximum absolute atomic E-state index is 12.3. The summed E-state index contributed by atoms with van der Waals surface area (Å²) in [6.45, 7) is 4.36. The molecule has 0 radical (unpaired) electrons. The molecule has 0 unspecified atom stereocenters. The molecule has 0 aliphatic carbocycles. The number of hydrogen-bond donors (Lipinski definition) is 3. The Morgan fingerprint density at radius 2 is 2.07 bits per heavy atom. The number of benzene rings is 2. The number of aromatic nitrogens is 2. The summed E-state index contributed by atoms with van der Waals surface area (Å²) in [6.07, 6.45) is 1.46. The maximum Gasteiger partial charge on any atom is 0.289 e. The number of hydrazone groups is 1. The van der Waals surface area contributed by atoms with E-state index >= 15 is 0 Å². The van der Waals surface area contributed by atoms with Gasteiger partial charge in [0.25, 0.3) is 5.91 Å². The first kappa shape index (κ1) is 18.2. The zero-order chi connectivity index (χ0) is 19.2. The van der Waals surface area contributed by atoms with E-state index in [0.29, 0.717) is 23.6 Å². The number of phenolic OH excluding ortho intramolecular Hbond substituents is 1. The fourth-order valence-electron chi connectivity index (χ4n) is 2.60. The van der Waals surface area contributed by atoms with Crippen LogP contribution in [0.1, 0.15) is 28.5 Å². The third-order valence-corrected chi connectivity index (χ3v) is 3.93. The number of nitrogens with one attached hydrogen (secondary N) is 2. The number of nitrogens with zero attached hydrogens (tertiary/aromatic N) is 2. The molecule has 3 N–H and O–H groups in total. The van der Waals surface area contributed by atoms with E-state index in [1.54, 1.807) is 24.3 Å². The van der Waals surface area contributed by atoms with Gasteiger partial charge in [-0.05, 0) is 55.8 Å². The largest absolute Gasteiger partial charge is 0.508 e. The normalized spacial score (nSPS) is 10.9. The maximum atomic E-state index is 12.3. The SMILES string of the molecule is CCOc1ccc(-c2n[nH]c(C(=O)NN=Cc3cccc(O)c3)c2C)cc1. The van der Waals surface area contributed by atoms with Gasteiger partial charge in [0.2, 0.25) is 0 Å². The predicted molar refractivity (Wildman–Crippen MR) is 103 cm³/mol. The monoisotopic (exact) mass is 364 g/mol. The molecular weight excluding hydrogens is 344 g/mol. The average molecular weight is 364 g/mol. The van der Waals surface area contributed by atoms with Crippen molar-refractivity contribution < 1.29 is 14.6 Å². The van der Waals surface area contributed by atoms with E-state index in [2.05, 4.69) is 20.7 Å². The molecule has 0 aliphatic heterocycles. The highest BCUT2D eigenvalue weighted by molar-refractivity contribution is 5.96. The van der Waals surface area contributed by atoms with Gasteiger partial charge >= 0.3 is 0 Å². The predicted octanol–water partition coefficient (Wildman–Crippen LogP) is 3.25. The lowest BCUT2D eigenvalue weighted by molar-refractivity contribution is 0.0949. The number of H-pyrrole nitrogens is 1. The first-order valence-corrected chi connectivity index (χ1v) is 8.49. The first-order valence-electron chi connectivity index (χ1n) is 8.49. The van der Waals surface area contributed by atoms with Crippen molar-refractivity contribution in [3.05, 3.63) is 65.4 Å². The number of ether oxygens (including phenoxy) is 1. The molecule has 0 aliphatic rings. The quantitative estimate of drug-likeness (QED) is 0.462. The molecule has 27 heavy (non-hydrogen) atoms. The van der Waals surface area contributed by atoms with Gasteiger partial charge in [-0.3, -0.25) is 9.89 Å². The summed E-state index contributed by atoms with van der Waals surface area (Å²) in [5.41, 5.74) is 5.77. The second kappa shape index (κ2) is 8.18. The van der Waals surface area contributed by atoms with E-state index in [1.165, 1.54) is 6.21 Å². The van der Waals surface area contributed by atoms with E-state index in [1.807, 2.05) is 38.1 Å². The Kier molecular flexibility index (Phi) is 5.51. The molecule has 0 saturated carbocycles. The summed E-state index contributed by atoms with van der Waals surface area (Å²) in [4.78, 5) is 12.3. The van der Waals surface area contributed by atoms with Crippen LogP contribution in [0.5, 0.6) is 11.5 Å². The molecule has 7 nitrogen and oxygen atoms in total. The smallest absolute Gasteiger partial charge is 0.289 e. The Hall–Kier alpha value is -3.61. The Balaban J connectivity index is 1.71. The summed E-state index contributed by atoms with van der Waals surface area (Å²) >= 11 is 0. The lowest BCUT2D eigenvalue weighted by Gasteiger charge is -2.04. The Morgan fingerprint density at radius 3 is 2.78 bits per heavy atom. The van der Waals surface area contributed by atoms with Gasteiger partial charge in [0, 0.05) is 11.1 Å². The molecule has 3 aromatic rings. The van der Waals surface area contributed by atoms with Crippen LogP contribution >= 0.6 is 0 Å². The lowest BCUT2D eigenvalue weighted by Crippen LogP contribution is -2.19. The van der Waals surface area contributed by atoms with Crippen molar-refractivity contribution in [2.45, 2.75) is 13.8 Å². The molecule has 0 fully saturated rings. The van der Waals surface area contributed by atoms with Crippen LogP contribution in [0.15, 0.2) is 53.6 Å². The fraction of sp³-hybridized carbons (Fsp3) is 0.150. The van der Waals surface area contributed by atoms with E-state index in [0.717, 1.165) is 16.9 Å². The Morgan fingerprint density at radius 1 is 1.30 bits per heavy atom. The van der Waals surface area contributed by atoms with Crippen LogP contribution in [0.25, 0.3) is 11.3 Å². The third-order valence-electron chi connectivity index (χ3n) is 3.93. The molecule has 0 spiro atoms. The van der Waals surface area contributed by atoms with Crippen molar-refractivity contribution in [1.82, 2.24) is 15.6 Å². The second-order valence-corrected chi connectivity index (χ2v) is 5.82. The molecule has 2 aromatic carbocycles. The fourth-order valence-corrected chi connectivity index (χ4v) is 2.60. The Labute approximate surface area is 156 Å². The zero-order valence-corrected chi connectivity index (χ0v) is 15.1. The molecular formula is C20H20N4O3. The van der Waals surface area contributed by atoms with Crippen LogP contribution in [0, 0.1) is 6.92 Å². The van der Waals surface area contributed by atoms with Crippen molar-refractivity contribution >= 4 is 12.1 Å². The van der Waals surface area contributed by atoms with Gasteiger partial charge in [0.1, 0.15) is 17.2 Å². The molecule has 3 rings (SSSR count). The van der Waals surface area contributed by atoms with Crippen LogP contribution < -0.4 is 10.2 Å². The van der Waals surface area contributed by atoms with Gasteiger partial charge < -0.3 is 9.84 Å². The number of rotatable bonds is 6. The van der Waals surface area contributed by atoms with E-state index < -0.39 is 5.91 Å². The van der Waals surface area contributed by atoms with Crippen molar-refractivity contribution in [2.24, 2.45) is 5.10 Å². The van der Waals surface area contributed by atoms with Gasteiger partial charge in [-0.2, -0.15) is 10.2 Å². The van der Waals surface area contributed by atoms with Gasteiger partial charge in [-0.1, -0.05) is 12.1 Å². The number of hydrogen-bond acceptors (Lipinski definition) is 5. The van der Waals surface area contributed by atoms with Crippen molar-refractivity contribution in [3.8, 4) is 22.8 Å². The van der Waals surface area contributed by atoms with Gasteiger partial charge in [0.15, 0.2) is 0 Å². The van der Waals surface area contributed by atoms with E-state index in [4.69, 9.17) is 4.74 Å². The number of aromatic amines is 1. The Bertz CT molecular complexity index is 962. The minimum absolute atomic E-state index is 0.134. The number of phenols is 1. The summed E-state index contributed by atoms with van der Waals surface area (Å²) < 4.78 is 5.43. The molecule has 0 atom stereocenters. The van der Waals surface area contributed by atoms with Gasteiger partial charge in [-0.25, -0.2) is 5.43 Å². The highest BCUT2D eigenvalue weighted by Gasteiger charge is 2.16. The second-order valence-electron chi connectivity index (χ2n) is 5.82. The minimum atomic E-state index is -0.395. The van der Waals surface area contributed by atoms with Crippen LogP contribution in [-0.2, 0) is 0 Å². The molecule has 1 aromatic heterocycles.